The zero-order valence-electron chi connectivity index (χ0n) is 20.5. The minimum atomic E-state index is -0.485. The molecule has 2 N–H and O–H groups in total. The fourth-order valence-electron chi connectivity index (χ4n) is 4.33. The average molecular weight is 578 g/mol. The number of anilines is 1. The van der Waals surface area contributed by atoms with Gasteiger partial charge in [0.2, 0.25) is 6.79 Å². The number of nitrogen functional groups attached to an aromatic ring is 1. The quantitative estimate of drug-likeness (QED) is 0.443. The van der Waals surface area contributed by atoms with Gasteiger partial charge in [0.15, 0.2) is 33.6 Å². The molecule has 2 aliphatic heterocycles. The molecule has 192 valence electrons. The van der Waals surface area contributed by atoms with Gasteiger partial charge in [-0.15, -0.1) is 0 Å². The third-order valence-corrected chi connectivity index (χ3v) is 8.15. The van der Waals surface area contributed by atoms with Crippen LogP contribution in [0.1, 0.15) is 40.0 Å². The van der Waals surface area contributed by atoms with Crippen LogP contribution in [0.15, 0.2) is 33.0 Å². The van der Waals surface area contributed by atoms with Gasteiger partial charge in [-0.25, -0.2) is 19.7 Å². The van der Waals surface area contributed by atoms with Crippen LogP contribution in [-0.4, -0.2) is 56.0 Å². The molecule has 0 saturated carbocycles. The Hall–Kier alpha value is -2.73. The van der Waals surface area contributed by atoms with Crippen molar-refractivity contribution in [2.24, 2.45) is 5.92 Å². The van der Waals surface area contributed by atoms with Crippen molar-refractivity contribution in [3.63, 3.8) is 0 Å². The van der Waals surface area contributed by atoms with E-state index in [1.165, 1.54) is 18.1 Å². The molecule has 10 nitrogen and oxygen atoms in total. The molecule has 1 saturated heterocycles. The van der Waals surface area contributed by atoms with E-state index in [4.69, 9.17) is 24.9 Å². The Bertz CT molecular complexity index is 1290. The minimum Gasteiger partial charge on any atom is -0.454 e. The maximum atomic E-state index is 12.4. The van der Waals surface area contributed by atoms with E-state index >= 15 is 0 Å². The molecule has 5 rings (SSSR count). The van der Waals surface area contributed by atoms with Crippen molar-refractivity contribution in [2.45, 2.75) is 62.2 Å². The summed E-state index contributed by atoms with van der Waals surface area (Å²) in [4.78, 5) is 28.6. The van der Waals surface area contributed by atoms with Crippen LogP contribution in [0.4, 0.5) is 10.6 Å². The molecule has 0 aliphatic carbocycles. The smallest absolute Gasteiger partial charge is 0.410 e. The molecule has 36 heavy (non-hydrogen) atoms. The van der Waals surface area contributed by atoms with E-state index in [1.54, 1.807) is 4.90 Å². The number of halogens is 1. The lowest BCUT2D eigenvalue weighted by Gasteiger charge is -2.33. The zero-order chi connectivity index (χ0) is 25.4. The number of likely N-dealkylation sites (tertiary alicyclic amines) is 1. The maximum absolute atomic E-state index is 12.4. The van der Waals surface area contributed by atoms with Crippen LogP contribution in [0.5, 0.6) is 11.5 Å². The van der Waals surface area contributed by atoms with E-state index in [0.29, 0.717) is 47.5 Å². The first kappa shape index (κ1) is 24.9. The second-order valence-corrected chi connectivity index (χ2v) is 11.8. The predicted octanol–water partition coefficient (Wildman–Crippen LogP) is 5.09. The number of aromatic nitrogens is 4. The van der Waals surface area contributed by atoms with E-state index in [9.17, 15) is 4.79 Å². The van der Waals surface area contributed by atoms with Gasteiger partial charge >= 0.3 is 6.09 Å². The number of carbonyl (C=O) groups excluding carboxylic acids is 1. The molecule has 1 fully saturated rings. The summed E-state index contributed by atoms with van der Waals surface area (Å²) in [6, 6.07) is 3.85. The topological polar surface area (TPSA) is 118 Å². The van der Waals surface area contributed by atoms with Crippen molar-refractivity contribution >= 4 is 50.8 Å². The van der Waals surface area contributed by atoms with E-state index in [-0.39, 0.29) is 12.9 Å². The molecule has 1 aromatic carbocycles. The summed E-state index contributed by atoms with van der Waals surface area (Å²) in [5.41, 5.74) is 6.96. The van der Waals surface area contributed by atoms with Crippen molar-refractivity contribution in [3.8, 4) is 11.5 Å². The number of rotatable bonds is 5. The molecule has 0 spiro atoms. The minimum absolute atomic E-state index is 0.216. The lowest BCUT2D eigenvalue weighted by Crippen LogP contribution is -2.41. The van der Waals surface area contributed by atoms with Crippen molar-refractivity contribution in [2.75, 3.05) is 25.6 Å². The summed E-state index contributed by atoms with van der Waals surface area (Å²) in [6.45, 7) is 8.02. The highest BCUT2D eigenvalue weighted by atomic mass is 79.9. The van der Waals surface area contributed by atoms with Crippen LogP contribution in [0.3, 0.4) is 0 Å². The van der Waals surface area contributed by atoms with Crippen molar-refractivity contribution in [1.29, 1.82) is 0 Å². The summed E-state index contributed by atoms with van der Waals surface area (Å²) in [5.74, 6) is 2.26. The highest BCUT2D eigenvalue weighted by molar-refractivity contribution is 9.10. The van der Waals surface area contributed by atoms with Crippen LogP contribution < -0.4 is 15.2 Å². The first-order valence-corrected chi connectivity index (χ1v) is 13.5. The van der Waals surface area contributed by atoms with Gasteiger partial charge in [-0.05, 0) is 74.0 Å². The maximum Gasteiger partial charge on any atom is 0.410 e. The number of hydrogen-bond acceptors (Lipinski definition) is 9. The van der Waals surface area contributed by atoms with Gasteiger partial charge in [0.25, 0.3) is 0 Å². The van der Waals surface area contributed by atoms with Crippen LogP contribution in [0.2, 0.25) is 0 Å². The number of fused-ring (bicyclic) bond motifs is 2. The Labute approximate surface area is 222 Å². The van der Waals surface area contributed by atoms with Gasteiger partial charge < -0.3 is 29.4 Å². The van der Waals surface area contributed by atoms with E-state index < -0.39 is 5.60 Å². The van der Waals surface area contributed by atoms with Crippen LogP contribution in [-0.2, 0) is 11.3 Å². The number of ether oxygens (including phenoxy) is 3. The normalized spacial score (nSPS) is 16.1. The first-order valence-electron chi connectivity index (χ1n) is 11.9. The number of aryl methyl sites for hydroxylation is 1. The largest absolute Gasteiger partial charge is 0.454 e. The highest BCUT2D eigenvalue weighted by Crippen LogP contribution is 2.43. The van der Waals surface area contributed by atoms with Crippen LogP contribution >= 0.6 is 27.7 Å². The lowest BCUT2D eigenvalue weighted by atomic mass is 9.94. The summed E-state index contributed by atoms with van der Waals surface area (Å²) in [5, 5.41) is 0.781. The summed E-state index contributed by atoms with van der Waals surface area (Å²) >= 11 is 5.15. The number of imidazole rings is 1. The van der Waals surface area contributed by atoms with Crippen LogP contribution in [0, 0.1) is 5.92 Å². The molecule has 3 aromatic rings. The van der Waals surface area contributed by atoms with E-state index in [2.05, 4.69) is 30.5 Å². The summed E-state index contributed by atoms with van der Waals surface area (Å²) in [6.07, 6.45) is 4.04. The third-order valence-electron chi connectivity index (χ3n) is 6.18. The van der Waals surface area contributed by atoms with Crippen molar-refractivity contribution in [1.82, 2.24) is 24.4 Å². The Balaban J connectivity index is 1.31. The second kappa shape index (κ2) is 9.97. The average Bonchev–Trinajstić information content (AvgIpc) is 3.42. The summed E-state index contributed by atoms with van der Waals surface area (Å²) in [7, 11) is 0. The van der Waals surface area contributed by atoms with Gasteiger partial charge in [0.05, 0.1) is 0 Å². The molecule has 0 radical (unpaired) electrons. The van der Waals surface area contributed by atoms with Gasteiger partial charge in [0, 0.05) is 29.0 Å². The number of piperidine rings is 1. The number of amides is 1. The number of hydrogen-bond donors (Lipinski definition) is 1. The molecule has 0 atom stereocenters. The molecule has 2 aromatic heterocycles. The highest BCUT2D eigenvalue weighted by Gasteiger charge is 2.27. The lowest BCUT2D eigenvalue weighted by molar-refractivity contribution is 0.0179. The fraction of sp³-hybridized carbons (Fsp3) is 0.500. The van der Waals surface area contributed by atoms with E-state index in [0.717, 1.165) is 40.3 Å². The monoisotopic (exact) mass is 576 g/mol. The Morgan fingerprint density at radius 1 is 1.22 bits per heavy atom. The van der Waals surface area contributed by atoms with Gasteiger partial charge in [-0.1, -0.05) is 11.8 Å². The summed E-state index contributed by atoms with van der Waals surface area (Å²) < 4.78 is 19.6. The van der Waals surface area contributed by atoms with Crippen molar-refractivity contribution in [3.05, 3.63) is 22.9 Å². The first-order chi connectivity index (χ1) is 17.2. The van der Waals surface area contributed by atoms with E-state index in [1.807, 2.05) is 32.9 Å². The molecule has 0 unspecified atom stereocenters. The molecule has 1 amide bonds. The second-order valence-electron chi connectivity index (χ2n) is 9.91. The van der Waals surface area contributed by atoms with Gasteiger partial charge in [0.1, 0.15) is 11.9 Å². The van der Waals surface area contributed by atoms with Gasteiger partial charge in [-0.3, -0.25) is 0 Å². The SMILES string of the molecule is CC(C)(C)OC(=O)N1CCC(CCn2c(Sc3cc4c(cc3Br)OCO4)nc3c(N)ncnc32)CC1. The fourth-order valence-corrected chi connectivity index (χ4v) is 5.84. The predicted molar refractivity (Wildman–Crippen MR) is 139 cm³/mol. The van der Waals surface area contributed by atoms with Crippen LogP contribution in [0.25, 0.3) is 11.2 Å². The third kappa shape index (κ3) is 5.34. The van der Waals surface area contributed by atoms with Gasteiger partial charge in [-0.2, -0.15) is 0 Å². The molecule has 0 bridgehead atoms. The molecule has 4 heterocycles. The standard InChI is InChI=1S/C24H29BrN6O4S/c1-24(2,3)35-23(32)30-7-4-14(5-8-30)6-9-31-21-19(20(26)27-12-28-21)29-22(31)36-18-11-17-16(10-15(18)25)33-13-34-17/h10-12,14H,4-9,13H2,1-3H3,(H2,26,27,28). The zero-order valence-corrected chi connectivity index (χ0v) is 22.9. The number of carbonyl (C=O) groups is 1. The number of nitrogens with two attached hydrogens (primary N) is 1. The Morgan fingerprint density at radius 3 is 2.67 bits per heavy atom. The molecule has 12 heteroatoms. The number of nitrogens with zero attached hydrogens (tertiary/aromatic N) is 5. The molecular weight excluding hydrogens is 548 g/mol. The molecular formula is C24H29BrN6O4S. The number of benzene rings is 1. The Kier molecular flexibility index (Phi) is 6.90. The Morgan fingerprint density at radius 2 is 1.94 bits per heavy atom. The van der Waals surface area contributed by atoms with Crippen molar-refractivity contribution < 1.29 is 19.0 Å². The molecule has 2 aliphatic rings.